The van der Waals surface area contributed by atoms with Crippen LogP contribution in [0.1, 0.15) is 36.5 Å². The Morgan fingerprint density at radius 2 is 2.21 bits per heavy atom. The number of aromatic nitrogens is 1. The summed E-state index contributed by atoms with van der Waals surface area (Å²) >= 11 is 1.37. The van der Waals surface area contributed by atoms with Crippen LogP contribution in [-0.4, -0.2) is 59.2 Å². The zero-order valence-corrected chi connectivity index (χ0v) is 14.8. The summed E-state index contributed by atoms with van der Waals surface area (Å²) in [5, 5.41) is 6.67. The molecule has 2 aliphatic rings. The van der Waals surface area contributed by atoms with E-state index in [0.29, 0.717) is 10.6 Å². The highest BCUT2D eigenvalue weighted by molar-refractivity contribution is 8.00. The summed E-state index contributed by atoms with van der Waals surface area (Å²) in [4.78, 5) is 31.3. The van der Waals surface area contributed by atoms with Crippen molar-refractivity contribution in [2.24, 2.45) is 0 Å². The second-order valence-corrected chi connectivity index (χ2v) is 7.64. The Bertz CT molecular complexity index is 598. The molecule has 1 aromatic rings. The molecule has 0 radical (unpaired) electrons. The molecule has 3 heterocycles. The topological polar surface area (TPSA) is 74.3 Å². The van der Waals surface area contributed by atoms with Gasteiger partial charge in [0.1, 0.15) is 5.03 Å². The van der Waals surface area contributed by atoms with E-state index in [1.165, 1.54) is 11.8 Å². The average Bonchev–Trinajstić information content (AvgIpc) is 3.28. The number of pyridine rings is 1. The van der Waals surface area contributed by atoms with Crippen molar-refractivity contribution in [3.8, 4) is 0 Å². The monoisotopic (exact) mass is 348 g/mol. The van der Waals surface area contributed by atoms with Crippen LogP contribution in [0.25, 0.3) is 0 Å². The van der Waals surface area contributed by atoms with Crippen LogP contribution in [0.4, 0.5) is 0 Å². The smallest absolute Gasteiger partial charge is 0.254 e. The highest BCUT2D eigenvalue weighted by atomic mass is 32.2. The van der Waals surface area contributed by atoms with E-state index in [0.717, 1.165) is 45.4 Å². The molecule has 2 saturated heterocycles. The highest BCUT2D eigenvalue weighted by Crippen LogP contribution is 2.27. The molecular formula is C17H24N4O2S. The van der Waals surface area contributed by atoms with Gasteiger partial charge in [0.2, 0.25) is 5.91 Å². The Morgan fingerprint density at radius 3 is 2.92 bits per heavy atom. The van der Waals surface area contributed by atoms with Crippen LogP contribution in [0.2, 0.25) is 0 Å². The first kappa shape index (κ1) is 17.2. The zero-order valence-electron chi connectivity index (χ0n) is 14.0. The summed E-state index contributed by atoms with van der Waals surface area (Å²) in [7, 11) is 0. The van der Waals surface area contributed by atoms with Crippen LogP contribution in [0.15, 0.2) is 23.4 Å². The highest BCUT2D eigenvalue weighted by Gasteiger charge is 2.26. The fourth-order valence-electron chi connectivity index (χ4n) is 3.11. The van der Waals surface area contributed by atoms with E-state index < -0.39 is 0 Å². The first-order valence-corrected chi connectivity index (χ1v) is 9.45. The molecule has 0 saturated carbocycles. The van der Waals surface area contributed by atoms with Crippen LogP contribution in [0.3, 0.4) is 0 Å². The summed E-state index contributed by atoms with van der Waals surface area (Å²) in [5.74, 6) is 0.0228. The Labute approximate surface area is 146 Å². The molecule has 0 spiro atoms. The zero-order chi connectivity index (χ0) is 16.9. The van der Waals surface area contributed by atoms with Gasteiger partial charge in [-0.1, -0.05) is 11.8 Å². The van der Waals surface area contributed by atoms with Gasteiger partial charge in [-0.15, -0.1) is 0 Å². The maximum atomic E-state index is 12.5. The third-order valence-corrected chi connectivity index (χ3v) is 5.57. The maximum absolute atomic E-state index is 12.5. The number of carbonyl (C=O) groups excluding carboxylic acids is 2. The van der Waals surface area contributed by atoms with Gasteiger partial charge in [0.25, 0.3) is 5.91 Å². The lowest BCUT2D eigenvalue weighted by molar-refractivity contribution is -0.129. The molecule has 2 aliphatic heterocycles. The van der Waals surface area contributed by atoms with Gasteiger partial charge in [-0.25, -0.2) is 4.98 Å². The van der Waals surface area contributed by atoms with E-state index in [2.05, 4.69) is 15.6 Å². The van der Waals surface area contributed by atoms with E-state index in [4.69, 9.17) is 0 Å². The summed E-state index contributed by atoms with van der Waals surface area (Å²) in [6.45, 7) is 5.31. The average molecular weight is 348 g/mol. The molecule has 3 rings (SSSR count). The fraction of sp³-hybridized carbons (Fsp3) is 0.588. The van der Waals surface area contributed by atoms with Gasteiger partial charge in [0, 0.05) is 31.9 Å². The molecule has 24 heavy (non-hydrogen) atoms. The Kier molecular flexibility index (Phi) is 5.73. The molecule has 2 fully saturated rings. The Balaban J connectivity index is 1.66. The largest absolute Gasteiger partial charge is 0.348 e. The molecule has 2 N–H and O–H groups in total. The Hall–Kier alpha value is -1.60. The summed E-state index contributed by atoms with van der Waals surface area (Å²) in [5.41, 5.74) is 0.551. The fourth-order valence-corrected chi connectivity index (χ4v) is 4.11. The lowest BCUT2D eigenvalue weighted by Gasteiger charge is -2.20. The molecule has 6 nitrogen and oxygen atoms in total. The van der Waals surface area contributed by atoms with Crippen molar-refractivity contribution in [3.05, 3.63) is 23.9 Å². The second kappa shape index (κ2) is 7.98. The van der Waals surface area contributed by atoms with E-state index in [1.54, 1.807) is 18.3 Å². The van der Waals surface area contributed by atoms with Crippen molar-refractivity contribution in [2.45, 2.75) is 42.5 Å². The number of carbonyl (C=O) groups is 2. The minimum atomic E-state index is -0.238. The number of likely N-dealkylation sites (tertiary alicyclic amines) is 1. The maximum Gasteiger partial charge on any atom is 0.254 e. The molecular weight excluding hydrogens is 324 g/mol. The van der Waals surface area contributed by atoms with Gasteiger partial charge >= 0.3 is 0 Å². The van der Waals surface area contributed by atoms with Crippen molar-refractivity contribution in [3.63, 3.8) is 0 Å². The predicted molar refractivity (Wildman–Crippen MR) is 94.1 cm³/mol. The third kappa shape index (κ3) is 4.08. The lowest BCUT2D eigenvalue weighted by Crippen LogP contribution is -2.37. The summed E-state index contributed by atoms with van der Waals surface area (Å²) in [6, 6.07) is 3.71. The second-order valence-electron chi connectivity index (χ2n) is 6.31. The van der Waals surface area contributed by atoms with Gasteiger partial charge in [-0.3, -0.25) is 9.59 Å². The van der Waals surface area contributed by atoms with Crippen LogP contribution >= 0.6 is 11.8 Å². The SMILES string of the molecule is CC(Sc1ncccc1C(=O)NC1CCNC1)C(=O)N1CCCC1. The number of hydrogen-bond donors (Lipinski definition) is 2. The van der Waals surface area contributed by atoms with Crippen molar-refractivity contribution < 1.29 is 9.59 Å². The van der Waals surface area contributed by atoms with Gasteiger partial charge in [0.15, 0.2) is 0 Å². The number of rotatable bonds is 5. The molecule has 130 valence electrons. The number of nitrogens with zero attached hydrogens (tertiary/aromatic N) is 2. The van der Waals surface area contributed by atoms with Crippen molar-refractivity contribution in [1.82, 2.24) is 20.5 Å². The van der Waals surface area contributed by atoms with Crippen LogP contribution in [0, 0.1) is 0 Å². The first-order chi connectivity index (χ1) is 11.6. The van der Waals surface area contributed by atoms with E-state index in [-0.39, 0.29) is 23.1 Å². The number of amides is 2. The van der Waals surface area contributed by atoms with E-state index >= 15 is 0 Å². The van der Waals surface area contributed by atoms with Gasteiger partial charge in [-0.05, 0) is 44.9 Å². The number of thioether (sulfide) groups is 1. The standard InChI is InChI=1S/C17H24N4O2S/c1-12(17(23)21-9-2-3-10-21)24-16-14(5-4-7-19-16)15(22)20-13-6-8-18-11-13/h4-5,7,12-13,18H,2-3,6,8-11H2,1H3,(H,20,22). The molecule has 0 aromatic carbocycles. The minimum absolute atomic E-state index is 0.111. The molecule has 7 heteroatoms. The van der Waals surface area contributed by atoms with Crippen molar-refractivity contribution in [1.29, 1.82) is 0 Å². The minimum Gasteiger partial charge on any atom is -0.348 e. The van der Waals surface area contributed by atoms with Crippen LogP contribution in [0.5, 0.6) is 0 Å². The summed E-state index contributed by atoms with van der Waals surface area (Å²) in [6.07, 6.45) is 4.77. The quantitative estimate of drug-likeness (QED) is 0.784. The van der Waals surface area contributed by atoms with Crippen LogP contribution < -0.4 is 10.6 Å². The molecule has 0 bridgehead atoms. The molecule has 2 amide bonds. The molecule has 1 aromatic heterocycles. The number of nitrogens with one attached hydrogen (secondary N) is 2. The van der Waals surface area contributed by atoms with Crippen LogP contribution in [-0.2, 0) is 4.79 Å². The number of hydrogen-bond acceptors (Lipinski definition) is 5. The van der Waals surface area contributed by atoms with Crippen molar-refractivity contribution in [2.75, 3.05) is 26.2 Å². The molecule has 0 aliphatic carbocycles. The molecule has 2 atom stereocenters. The summed E-state index contributed by atoms with van der Waals surface area (Å²) < 4.78 is 0. The van der Waals surface area contributed by atoms with Gasteiger partial charge in [0.05, 0.1) is 10.8 Å². The van der Waals surface area contributed by atoms with Gasteiger partial charge in [-0.2, -0.15) is 0 Å². The van der Waals surface area contributed by atoms with E-state index in [1.807, 2.05) is 11.8 Å². The van der Waals surface area contributed by atoms with Gasteiger partial charge < -0.3 is 15.5 Å². The predicted octanol–water partition coefficient (Wildman–Crippen LogP) is 1.28. The first-order valence-electron chi connectivity index (χ1n) is 8.57. The molecule has 2 unspecified atom stereocenters. The lowest BCUT2D eigenvalue weighted by atomic mass is 10.2. The normalized spacial score (nSPS) is 21.7. The third-order valence-electron chi connectivity index (χ3n) is 4.47. The Morgan fingerprint density at radius 1 is 1.42 bits per heavy atom. The van der Waals surface area contributed by atoms with Crippen molar-refractivity contribution >= 4 is 23.6 Å². The van der Waals surface area contributed by atoms with E-state index in [9.17, 15) is 9.59 Å².